The van der Waals surface area contributed by atoms with Crippen LogP contribution in [0.2, 0.25) is 5.02 Å². The smallest absolute Gasteiger partial charge is 0.460 e. The number of rotatable bonds is 0. The number of aromatic hydroxyl groups is 1. The monoisotopic (exact) mass is 312 g/mol. The van der Waals surface area contributed by atoms with Gasteiger partial charge in [-0.3, -0.25) is 0 Å². The van der Waals surface area contributed by atoms with Gasteiger partial charge in [-0.15, -0.1) is 9.46 Å². The van der Waals surface area contributed by atoms with Crippen LogP contribution in [0.5, 0.6) is 5.88 Å². The van der Waals surface area contributed by atoms with Crippen LogP contribution in [0.15, 0.2) is 17.2 Å². The summed E-state index contributed by atoms with van der Waals surface area (Å²) >= 11 is 8.98. The summed E-state index contributed by atoms with van der Waals surface area (Å²) < 4.78 is 37.7. The maximum atomic E-state index is 12.6. The van der Waals surface area contributed by atoms with Gasteiger partial charge in [-0.2, -0.15) is 13.2 Å². The van der Waals surface area contributed by atoms with Crippen molar-refractivity contribution in [3.63, 3.8) is 0 Å². The summed E-state index contributed by atoms with van der Waals surface area (Å²) in [7, 11) is 0. The number of halogens is 4. The van der Waals surface area contributed by atoms with E-state index in [9.17, 15) is 28.7 Å². The Labute approximate surface area is 114 Å². The van der Waals surface area contributed by atoms with Crippen molar-refractivity contribution < 1.29 is 27.7 Å². The molecule has 0 bridgehead atoms. The van der Waals surface area contributed by atoms with Crippen LogP contribution >= 0.6 is 24.2 Å². The number of thiol groups is 1. The van der Waals surface area contributed by atoms with Gasteiger partial charge in [-0.1, -0.05) is 24.2 Å². The summed E-state index contributed by atoms with van der Waals surface area (Å²) in [5.74, 6) is -1.03. The quantitative estimate of drug-likeness (QED) is 0.442. The molecule has 2 rings (SSSR count). The van der Waals surface area contributed by atoms with Crippen molar-refractivity contribution in [2.45, 2.75) is 11.2 Å². The van der Waals surface area contributed by atoms with E-state index in [2.05, 4.69) is 12.6 Å². The average Bonchev–Trinajstić information content (AvgIpc) is 2.31. The molecule has 19 heavy (non-hydrogen) atoms. The zero-order chi connectivity index (χ0) is 14.5. The van der Waals surface area contributed by atoms with Gasteiger partial charge < -0.3 is 15.5 Å². The van der Waals surface area contributed by atoms with Crippen molar-refractivity contribution in [1.82, 2.24) is 0 Å². The standard InChI is InChI=1S/C9H4ClF3N2O3S/c10-4-2-6-5(1-3(4)9(11,12)13)15(18)8(19)7(16)14(6)17/h1-2,16,19H. The van der Waals surface area contributed by atoms with E-state index in [1.54, 1.807) is 0 Å². The molecule has 10 heteroatoms. The third kappa shape index (κ3) is 2.08. The van der Waals surface area contributed by atoms with Crippen molar-refractivity contribution in [3.05, 3.63) is 33.1 Å². The summed E-state index contributed by atoms with van der Waals surface area (Å²) in [4.78, 5) is 0. The molecule has 0 unspecified atom stereocenters. The first-order valence-corrected chi connectivity index (χ1v) is 5.44. The molecule has 0 saturated carbocycles. The molecule has 0 aliphatic carbocycles. The molecular weight excluding hydrogens is 309 g/mol. The molecule has 0 amide bonds. The minimum atomic E-state index is -4.78. The maximum absolute atomic E-state index is 12.6. The summed E-state index contributed by atoms with van der Waals surface area (Å²) in [5, 5.41) is 31.0. The Balaban J connectivity index is 2.95. The summed E-state index contributed by atoms with van der Waals surface area (Å²) in [6.45, 7) is 0. The first kappa shape index (κ1) is 13.8. The highest BCUT2D eigenvalue weighted by atomic mass is 35.5. The molecule has 0 radical (unpaired) electrons. The third-order valence-corrected chi connectivity index (χ3v) is 3.09. The van der Waals surface area contributed by atoms with Crippen molar-refractivity contribution >= 4 is 35.3 Å². The molecular formula is C9H4ClF3N2O3S. The van der Waals surface area contributed by atoms with Gasteiger partial charge in [0, 0.05) is 12.1 Å². The fourth-order valence-corrected chi connectivity index (χ4v) is 1.97. The van der Waals surface area contributed by atoms with Crippen molar-refractivity contribution in [2.75, 3.05) is 0 Å². The van der Waals surface area contributed by atoms with Crippen LogP contribution in [0.25, 0.3) is 11.0 Å². The minimum absolute atomic E-state index is 0.0895. The fourth-order valence-electron chi connectivity index (χ4n) is 1.50. The third-order valence-electron chi connectivity index (χ3n) is 2.39. The first-order chi connectivity index (χ1) is 8.64. The molecule has 1 aromatic heterocycles. The van der Waals surface area contributed by atoms with Crippen LogP contribution in [0.4, 0.5) is 13.2 Å². The molecule has 1 heterocycles. The molecule has 0 fully saturated rings. The molecule has 0 aliphatic rings. The number of hydrogen-bond donors (Lipinski definition) is 2. The molecule has 0 atom stereocenters. The van der Waals surface area contributed by atoms with E-state index in [1.165, 1.54) is 0 Å². The minimum Gasteiger partial charge on any atom is -0.617 e. The van der Waals surface area contributed by atoms with Gasteiger partial charge in [-0.25, -0.2) is 0 Å². The SMILES string of the molecule is [O-][n+]1c(O)c(S)[n+]([O-])c2cc(C(F)(F)F)c(Cl)cc21. The van der Waals surface area contributed by atoms with Gasteiger partial charge in [0.25, 0.3) is 11.0 Å². The lowest BCUT2D eigenvalue weighted by molar-refractivity contribution is -0.664. The van der Waals surface area contributed by atoms with E-state index in [0.29, 0.717) is 12.1 Å². The summed E-state index contributed by atoms with van der Waals surface area (Å²) in [6.07, 6.45) is -4.78. The van der Waals surface area contributed by atoms with Crippen LogP contribution in [-0.2, 0) is 6.18 Å². The number of nitrogens with zero attached hydrogens (tertiary/aromatic N) is 2. The van der Waals surface area contributed by atoms with E-state index in [1.807, 2.05) is 0 Å². The molecule has 1 N–H and O–H groups in total. The van der Waals surface area contributed by atoms with Gasteiger partial charge in [0.15, 0.2) is 0 Å². The van der Waals surface area contributed by atoms with Crippen LogP contribution < -0.4 is 9.46 Å². The molecule has 0 spiro atoms. The Hall–Kier alpha value is -1.61. The van der Waals surface area contributed by atoms with E-state index in [-0.39, 0.29) is 9.46 Å². The lowest BCUT2D eigenvalue weighted by Gasteiger charge is -2.11. The molecule has 0 aliphatic heterocycles. The Kier molecular flexibility index (Phi) is 3.06. The van der Waals surface area contributed by atoms with Gasteiger partial charge in [0.2, 0.25) is 0 Å². The van der Waals surface area contributed by atoms with E-state index >= 15 is 0 Å². The predicted octanol–water partition coefficient (Wildman–Crippen LogP) is 1.77. The second-order valence-electron chi connectivity index (χ2n) is 3.55. The molecule has 5 nitrogen and oxygen atoms in total. The Morgan fingerprint density at radius 3 is 2.21 bits per heavy atom. The van der Waals surface area contributed by atoms with Gasteiger partial charge in [0.05, 0.1) is 10.6 Å². The highest BCUT2D eigenvalue weighted by Gasteiger charge is 2.37. The number of alkyl halides is 3. The average molecular weight is 313 g/mol. The highest BCUT2D eigenvalue weighted by Crippen LogP contribution is 2.36. The van der Waals surface area contributed by atoms with Crippen LogP contribution in [0.1, 0.15) is 5.56 Å². The second kappa shape index (κ2) is 4.20. The Morgan fingerprint density at radius 1 is 1.16 bits per heavy atom. The van der Waals surface area contributed by atoms with E-state index in [4.69, 9.17) is 11.6 Å². The topological polar surface area (TPSA) is 74.1 Å². The van der Waals surface area contributed by atoms with Crippen molar-refractivity contribution in [1.29, 1.82) is 0 Å². The van der Waals surface area contributed by atoms with Gasteiger partial charge in [0.1, 0.15) is 0 Å². The van der Waals surface area contributed by atoms with Gasteiger partial charge in [-0.05, 0) is 0 Å². The number of hydrogen-bond acceptors (Lipinski definition) is 4. The molecule has 1 aromatic carbocycles. The van der Waals surface area contributed by atoms with Gasteiger partial charge >= 0.3 is 17.1 Å². The normalized spacial score (nSPS) is 12.1. The van der Waals surface area contributed by atoms with Crippen LogP contribution in [-0.4, -0.2) is 5.11 Å². The number of fused-ring (bicyclic) bond motifs is 1. The maximum Gasteiger partial charge on any atom is 0.460 e. The Morgan fingerprint density at radius 2 is 1.68 bits per heavy atom. The lowest BCUT2D eigenvalue weighted by atomic mass is 10.2. The number of aromatic nitrogens is 2. The zero-order valence-electron chi connectivity index (χ0n) is 8.77. The number of benzene rings is 1. The lowest BCUT2D eigenvalue weighted by Crippen LogP contribution is -2.40. The Bertz CT molecular complexity index is 693. The van der Waals surface area contributed by atoms with E-state index in [0.717, 1.165) is 0 Å². The fraction of sp³-hybridized carbons (Fsp3) is 0.111. The molecule has 102 valence electrons. The largest absolute Gasteiger partial charge is 0.617 e. The molecule has 0 saturated heterocycles. The highest BCUT2D eigenvalue weighted by molar-refractivity contribution is 7.80. The van der Waals surface area contributed by atoms with Crippen molar-refractivity contribution in [3.8, 4) is 5.88 Å². The summed E-state index contributed by atoms with van der Waals surface area (Å²) in [5.41, 5.74) is -2.36. The molecule has 2 aromatic rings. The van der Waals surface area contributed by atoms with Crippen LogP contribution in [0.3, 0.4) is 0 Å². The second-order valence-corrected chi connectivity index (χ2v) is 4.39. The van der Waals surface area contributed by atoms with E-state index < -0.39 is 38.7 Å². The summed E-state index contributed by atoms with van der Waals surface area (Å²) in [6, 6.07) is 1.09. The van der Waals surface area contributed by atoms with Crippen molar-refractivity contribution in [2.24, 2.45) is 0 Å². The zero-order valence-corrected chi connectivity index (χ0v) is 10.4. The first-order valence-electron chi connectivity index (χ1n) is 4.62. The van der Waals surface area contributed by atoms with Crippen LogP contribution in [0, 0.1) is 10.4 Å². The predicted molar refractivity (Wildman–Crippen MR) is 60.8 cm³/mol.